The third-order valence-electron chi connectivity index (χ3n) is 5.04. The monoisotopic (exact) mass is 383 g/mol. The van der Waals surface area contributed by atoms with Crippen LogP contribution in [0.3, 0.4) is 0 Å². The smallest absolute Gasteiger partial charge is 0.343 e. The molecule has 4 rings (SSSR count). The summed E-state index contributed by atoms with van der Waals surface area (Å²) in [7, 11) is 0. The van der Waals surface area contributed by atoms with E-state index < -0.39 is 5.97 Å². The molecular formula is C25H21NO3. The molecule has 4 aromatic rings. The van der Waals surface area contributed by atoms with Crippen molar-refractivity contribution in [2.24, 2.45) is 0 Å². The van der Waals surface area contributed by atoms with Crippen LogP contribution in [-0.2, 0) is 0 Å². The number of carbonyl (C=O) groups excluding carboxylic acids is 2. The summed E-state index contributed by atoms with van der Waals surface area (Å²) in [4.78, 5) is 24.8. The summed E-state index contributed by atoms with van der Waals surface area (Å²) < 4.78 is 7.62. The lowest BCUT2D eigenvalue weighted by atomic mass is 10.1. The number of ketones is 1. The summed E-state index contributed by atoms with van der Waals surface area (Å²) in [6.45, 7) is 5.54. The Labute approximate surface area is 169 Å². The van der Waals surface area contributed by atoms with E-state index in [0.717, 1.165) is 22.3 Å². The van der Waals surface area contributed by atoms with Crippen molar-refractivity contribution in [1.82, 2.24) is 4.57 Å². The summed E-state index contributed by atoms with van der Waals surface area (Å²) in [5.74, 6) is -0.0381. The number of ether oxygens (including phenoxy) is 1. The third-order valence-corrected chi connectivity index (χ3v) is 5.04. The Kier molecular flexibility index (Phi) is 4.77. The Bertz CT molecular complexity index is 1220. The van der Waals surface area contributed by atoms with Crippen molar-refractivity contribution in [3.05, 3.63) is 95.2 Å². The molecule has 0 fully saturated rings. The maximum absolute atomic E-state index is 12.4. The standard InChI is InChI=1S/C25H21NO3/c1-16-9-11-20(12-10-16)26-17(2)24(18(3)27)22-15-21(13-14-23(22)26)29-25(28)19-7-5-4-6-8-19/h4-15H,1-3H3. The van der Waals surface area contributed by atoms with Crippen LogP contribution in [0.15, 0.2) is 72.8 Å². The Morgan fingerprint density at radius 2 is 1.55 bits per heavy atom. The minimum absolute atomic E-state index is 0.0232. The molecule has 0 N–H and O–H groups in total. The van der Waals surface area contributed by atoms with Crippen LogP contribution >= 0.6 is 0 Å². The number of aromatic nitrogens is 1. The Morgan fingerprint density at radius 3 is 2.21 bits per heavy atom. The highest BCUT2D eigenvalue weighted by Gasteiger charge is 2.19. The van der Waals surface area contributed by atoms with Gasteiger partial charge in [-0.05, 0) is 63.2 Å². The number of carbonyl (C=O) groups is 2. The molecule has 3 aromatic carbocycles. The van der Waals surface area contributed by atoms with Gasteiger partial charge < -0.3 is 9.30 Å². The summed E-state index contributed by atoms with van der Waals surface area (Å²) >= 11 is 0. The lowest BCUT2D eigenvalue weighted by Crippen LogP contribution is -2.08. The lowest BCUT2D eigenvalue weighted by Gasteiger charge is -2.09. The van der Waals surface area contributed by atoms with Crippen LogP contribution in [0.25, 0.3) is 16.6 Å². The van der Waals surface area contributed by atoms with Gasteiger partial charge in [-0.15, -0.1) is 0 Å². The molecule has 0 bridgehead atoms. The third kappa shape index (κ3) is 3.45. The van der Waals surface area contributed by atoms with Gasteiger partial charge in [-0.3, -0.25) is 4.79 Å². The van der Waals surface area contributed by atoms with Gasteiger partial charge in [0.15, 0.2) is 5.78 Å². The molecule has 0 aliphatic carbocycles. The first-order chi connectivity index (χ1) is 14.0. The van der Waals surface area contributed by atoms with Gasteiger partial charge in [0.25, 0.3) is 0 Å². The van der Waals surface area contributed by atoms with Crippen molar-refractivity contribution in [2.75, 3.05) is 0 Å². The van der Waals surface area contributed by atoms with Crippen molar-refractivity contribution < 1.29 is 14.3 Å². The van der Waals surface area contributed by atoms with Crippen LogP contribution < -0.4 is 4.74 Å². The SMILES string of the molecule is CC(=O)c1c(C)n(-c2ccc(C)cc2)c2ccc(OC(=O)c3ccccc3)cc12. The summed E-state index contributed by atoms with van der Waals surface area (Å²) in [5, 5.41) is 0.772. The Hall–Kier alpha value is -3.66. The van der Waals surface area contributed by atoms with Crippen LogP contribution in [0.2, 0.25) is 0 Å². The van der Waals surface area contributed by atoms with Gasteiger partial charge in [-0.25, -0.2) is 4.79 Å². The maximum atomic E-state index is 12.4. The Morgan fingerprint density at radius 1 is 0.862 bits per heavy atom. The zero-order chi connectivity index (χ0) is 20.5. The number of hydrogen-bond acceptors (Lipinski definition) is 3. The maximum Gasteiger partial charge on any atom is 0.343 e. The predicted molar refractivity (Wildman–Crippen MR) is 114 cm³/mol. The molecule has 29 heavy (non-hydrogen) atoms. The largest absolute Gasteiger partial charge is 0.423 e. The molecule has 1 aromatic heterocycles. The van der Waals surface area contributed by atoms with Gasteiger partial charge in [0.1, 0.15) is 5.75 Å². The molecule has 1 heterocycles. The van der Waals surface area contributed by atoms with Crippen LogP contribution in [0, 0.1) is 13.8 Å². The number of rotatable bonds is 4. The second kappa shape index (κ2) is 7.40. The van der Waals surface area contributed by atoms with Gasteiger partial charge in [0.2, 0.25) is 0 Å². The molecule has 0 amide bonds. The number of nitrogens with zero attached hydrogens (tertiary/aromatic N) is 1. The van der Waals surface area contributed by atoms with Crippen molar-refractivity contribution in [3.63, 3.8) is 0 Å². The zero-order valence-electron chi connectivity index (χ0n) is 16.6. The van der Waals surface area contributed by atoms with E-state index in [9.17, 15) is 9.59 Å². The fourth-order valence-electron chi connectivity index (χ4n) is 3.67. The van der Waals surface area contributed by atoms with E-state index in [1.165, 1.54) is 5.56 Å². The number of fused-ring (bicyclic) bond motifs is 1. The average Bonchev–Trinajstić information content (AvgIpc) is 3.00. The average molecular weight is 383 g/mol. The molecule has 0 saturated heterocycles. The molecule has 0 unspecified atom stereocenters. The number of esters is 1. The quantitative estimate of drug-likeness (QED) is 0.259. The molecule has 144 valence electrons. The summed E-state index contributed by atoms with van der Waals surface area (Å²) in [6, 6.07) is 22.4. The fourth-order valence-corrected chi connectivity index (χ4v) is 3.67. The molecule has 0 aliphatic heterocycles. The van der Waals surface area contributed by atoms with Gasteiger partial charge in [0, 0.05) is 22.3 Å². The van der Waals surface area contributed by atoms with E-state index in [4.69, 9.17) is 4.74 Å². The molecule has 0 aliphatic rings. The summed E-state index contributed by atoms with van der Waals surface area (Å²) in [6.07, 6.45) is 0. The van der Waals surface area contributed by atoms with Crippen LogP contribution in [0.1, 0.15) is 38.9 Å². The molecule has 0 spiro atoms. The molecule has 0 atom stereocenters. The van der Waals surface area contributed by atoms with E-state index in [1.807, 2.05) is 50.2 Å². The van der Waals surface area contributed by atoms with E-state index in [2.05, 4.69) is 4.57 Å². The van der Waals surface area contributed by atoms with Gasteiger partial charge in [-0.2, -0.15) is 0 Å². The van der Waals surface area contributed by atoms with E-state index in [1.54, 1.807) is 43.3 Å². The van der Waals surface area contributed by atoms with Crippen molar-refractivity contribution in [3.8, 4) is 11.4 Å². The molecule has 4 heteroatoms. The zero-order valence-corrected chi connectivity index (χ0v) is 16.6. The van der Waals surface area contributed by atoms with Gasteiger partial charge >= 0.3 is 5.97 Å². The predicted octanol–water partition coefficient (Wildman–Crippen LogP) is 5.67. The second-order valence-electron chi connectivity index (χ2n) is 7.12. The fraction of sp³-hybridized carbons (Fsp3) is 0.120. The van der Waals surface area contributed by atoms with E-state index in [-0.39, 0.29) is 5.78 Å². The number of aryl methyl sites for hydroxylation is 1. The van der Waals surface area contributed by atoms with E-state index >= 15 is 0 Å². The van der Waals surface area contributed by atoms with Gasteiger partial charge in [-0.1, -0.05) is 35.9 Å². The lowest BCUT2D eigenvalue weighted by molar-refractivity contribution is 0.0735. The first-order valence-corrected chi connectivity index (χ1v) is 9.46. The Balaban J connectivity index is 1.82. The van der Waals surface area contributed by atoms with E-state index in [0.29, 0.717) is 16.9 Å². The minimum Gasteiger partial charge on any atom is -0.423 e. The second-order valence-corrected chi connectivity index (χ2v) is 7.12. The number of hydrogen-bond donors (Lipinski definition) is 0. The minimum atomic E-state index is -0.427. The molecule has 4 nitrogen and oxygen atoms in total. The van der Waals surface area contributed by atoms with Crippen LogP contribution in [0.4, 0.5) is 0 Å². The molecule has 0 radical (unpaired) electrons. The van der Waals surface area contributed by atoms with Crippen molar-refractivity contribution in [1.29, 1.82) is 0 Å². The first-order valence-electron chi connectivity index (χ1n) is 9.46. The van der Waals surface area contributed by atoms with Crippen LogP contribution in [-0.4, -0.2) is 16.3 Å². The highest BCUT2D eigenvalue weighted by molar-refractivity contribution is 6.09. The normalized spacial score (nSPS) is 10.9. The van der Waals surface area contributed by atoms with Crippen molar-refractivity contribution in [2.45, 2.75) is 20.8 Å². The number of Topliss-reactive ketones (excluding diaryl/α,β-unsaturated/α-hetero) is 1. The van der Waals surface area contributed by atoms with Crippen LogP contribution in [0.5, 0.6) is 5.75 Å². The summed E-state index contributed by atoms with van der Waals surface area (Å²) in [5.41, 5.74) is 5.04. The first kappa shape index (κ1) is 18.7. The highest BCUT2D eigenvalue weighted by Crippen LogP contribution is 2.32. The number of benzene rings is 3. The molecule has 0 saturated carbocycles. The topological polar surface area (TPSA) is 48.3 Å². The van der Waals surface area contributed by atoms with Crippen molar-refractivity contribution >= 4 is 22.7 Å². The van der Waals surface area contributed by atoms with Gasteiger partial charge in [0.05, 0.1) is 11.1 Å². The highest BCUT2D eigenvalue weighted by atomic mass is 16.5. The molecular weight excluding hydrogens is 362 g/mol.